The van der Waals surface area contributed by atoms with E-state index in [4.69, 9.17) is 4.74 Å². The van der Waals surface area contributed by atoms with Crippen molar-refractivity contribution in [3.8, 4) is 11.5 Å². The molecule has 2 rings (SSSR count). The van der Waals surface area contributed by atoms with Gasteiger partial charge in [-0.2, -0.15) is 0 Å². The van der Waals surface area contributed by atoms with Crippen molar-refractivity contribution in [2.75, 3.05) is 0 Å². The first kappa shape index (κ1) is 11.0. The first-order valence-electron chi connectivity index (χ1n) is 5.41. The van der Waals surface area contributed by atoms with E-state index in [1.807, 2.05) is 12.1 Å². The summed E-state index contributed by atoms with van der Waals surface area (Å²) < 4.78 is 6.82. The Kier molecular flexibility index (Phi) is 3.72. The Hall–Kier alpha value is -0.450. The Bertz CT molecular complexity index is 332. The Morgan fingerprint density at radius 3 is 2.60 bits per heavy atom. The molecule has 1 saturated carbocycles. The molecule has 1 fully saturated rings. The van der Waals surface area contributed by atoms with Crippen molar-refractivity contribution >= 4 is 22.6 Å². The van der Waals surface area contributed by atoms with Crippen LogP contribution in [0.15, 0.2) is 18.2 Å². The predicted octanol–water partition coefficient (Wildman–Crippen LogP) is 3.71. The average Bonchev–Trinajstić information content (AvgIpc) is 2.24. The molecule has 0 aromatic heterocycles. The maximum absolute atomic E-state index is 9.69. The third-order valence-electron chi connectivity index (χ3n) is 2.77. The van der Waals surface area contributed by atoms with Crippen LogP contribution in [0.1, 0.15) is 32.1 Å². The monoisotopic (exact) mass is 318 g/mol. The van der Waals surface area contributed by atoms with E-state index in [9.17, 15) is 5.11 Å². The molecule has 15 heavy (non-hydrogen) atoms. The van der Waals surface area contributed by atoms with Gasteiger partial charge in [0.2, 0.25) is 0 Å². The number of aromatic hydroxyl groups is 1. The lowest BCUT2D eigenvalue weighted by Gasteiger charge is -2.23. The molecule has 2 nitrogen and oxygen atoms in total. The van der Waals surface area contributed by atoms with Crippen LogP contribution in [-0.2, 0) is 0 Å². The van der Waals surface area contributed by atoms with Gasteiger partial charge in [0.25, 0.3) is 0 Å². The largest absolute Gasteiger partial charge is 0.504 e. The number of ether oxygens (including phenoxy) is 1. The maximum Gasteiger partial charge on any atom is 0.161 e. The Morgan fingerprint density at radius 1 is 1.20 bits per heavy atom. The molecule has 1 aliphatic rings. The summed E-state index contributed by atoms with van der Waals surface area (Å²) in [5.74, 6) is 0.884. The molecule has 0 unspecified atom stereocenters. The van der Waals surface area contributed by atoms with Crippen molar-refractivity contribution in [2.24, 2.45) is 0 Å². The highest BCUT2D eigenvalue weighted by molar-refractivity contribution is 14.1. The minimum Gasteiger partial charge on any atom is -0.504 e. The number of phenolic OH excluding ortho intramolecular Hbond substituents is 1. The Morgan fingerprint density at radius 2 is 1.93 bits per heavy atom. The van der Waals surface area contributed by atoms with Crippen molar-refractivity contribution < 1.29 is 9.84 Å². The van der Waals surface area contributed by atoms with Crippen molar-refractivity contribution in [3.63, 3.8) is 0 Å². The highest BCUT2D eigenvalue weighted by Crippen LogP contribution is 2.31. The molecule has 0 heterocycles. The van der Waals surface area contributed by atoms with Crippen LogP contribution in [0.5, 0.6) is 11.5 Å². The molecule has 0 amide bonds. The van der Waals surface area contributed by atoms with Gasteiger partial charge in [0.1, 0.15) is 0 Å². The average molecular weight is 318 g/mol. The van der Waals surface area contributed by atoms with E-state index >= 15 is 0 Å². The summed E-state index contributed by atoms with van der Waals surface area (Å²) in [6, 6.07) is 5.54. The van der Waals surface area contributed by atoms with Gasteiger partial charge in [-0.15, -0.1) is 0 Å². The van der Waals surface area contributed by atoms with Crippen molar-refractivity contribution in [2.45, 2.75) is 38.2 Å². The summed E-state index contributed by atoms with van der Waals surface area (Å²) in [6.45, 7) is 0. The second-order valence-electron chi connectivity index (χ2n) is 3.99. The summed E-state index contributed by atoms with van der Waals surface area (Å²) in [7, 11) is 0. The fourth-order valence-electron chi connectivity index (χ4n) is 1.95. The van der Waals surface area contributed by atoms with Gasteiger partial charge in [0.05, 0.1) is 6.10 Å². The molecular formula is C12H15IO2. The molecule has 1 aromatic carbocycles. The van der Waals surface area contributed by atoms with Crippen LogP contribution in [-0.4, -0.2) is 11.2 Å². The first-order chi connectivity index (χ1) is 7.25. The SMILES string of the molecule is Oc1cc(I)ccc1OC1CCCCC1. The molecule has 0 saturated heterocycles. The van der Waals surface area contributed by atoms with Crippen LogP contribution in [0.4, 0.5) is 0 Å². The molecule has 0 bridgehead atoms. The summed E-state index contributed by atoms with van der Waals surface area (Å²) in [5, 5.41) is 9.69. The highest BCUT2D eigenvalue weighted by atomic mass is 127. The van der Waals surface area contributed by atoms with Gasteiger partial charge < -0.3 is 9.84 Å². The van der Waals surface area contributed by atoms with E-state index in [2.05, 4.69) is 22.6 Å². The molecular weight excluding hydrogens is 303 g/mol. The van der Waals surface area contributed by atoms with Gasteiger partial charge in [0, 0.05) is 3.57 Å². The molecule has 1 N–H and O–H groups in total. The van der Waals surface area contributed by atoms with Gasteiger partial charge >= 0.3 is 0 Å². The van der Waals surface area contributed by atoms with Crippen molar-refractivity contribution in [3.05, 3.63) is 21.8 Å². The van der Waals surface area contributed by atoms with Gasteiger partial charge in [-0.3, -0.25) is 0 Å². The van der Waals surface area contributed by atoms with Gasteiger partial charge in [-0.25, -0.2) is 0 Å². The van der Waals surface area contributed by atoms with Crippen molar-refractivity contribution in [1.82, 2.24) is 0 Å². The number of hydrogen-bond acceptors (Lipinski definition) is 2. The van der Waals surface area contributed by atoms with Crippen LogP contribution in [0.2, 0.25) is 0 Å². The molecule has 1 aromatic rings. The van der Waals surface area contributed by atoms with E-state index in [0.29, 0.717) is 11.9 Å². The predicted molar refractivity (Wildman–Crippen MR) is 68.3 cm³/mol. The van der Waals surface area contributed by atoms with Gasteiger partial charge in [-0.05, 0) is 66.5 Å². The van der Waals surface area contributed by atoms with E-state index in [-0.39, 0.29) is 5.75 Å². The topological polar surface area (TPSA) is 29.5 Å². The van der Waals surface area contributed by atoms with Crippen LogP contribution < -0.4 is 4.74 Å². The summed E-state index contributed by atoms with van der Waals surface area (Å²) >= 11 is 2.18. The van der Waals surface area contributed by atoms with Gasteiger partial charge in [0.15, 0.2) is 11.5 Å². The third-order valence-corrected chi connectivity index (χ3v) is 3.44. The van der Waals surface area contributed by atoms with Crippen LogP contribution in [0, 0.1) is 3.57 Å². The molecule has 0 aliphatic heterocycles. The second kappa shape index (κ2) is 5.05. The molecule has 0 spiro atoms. The zero-order chi connectivity index (χ0) is 10.7. The zero-order valence-electron chi connectivity index (χ0n) is 8.58. The Balaban J connectivity index is 2.03. The van der Waals surface area contributed by atoms with Crippen LogP contribution in [0.25, 0.3) is 0 Å². The summed E-state index contributed by atoms with van der Waals surface area (Å²) in [4.78, 5) is 0. The number of rotatable bonds is 2. The number of halogens is 1. The molecule has 3 heteroatoms. The minimum absolute atomic E-state index is 0.257. The van der Waals surface area contributed by atoms with E-state index < -0.39 is 0 Å². The highest BCUT2D eigenvalue weighted by Gasteiger charge is 2.16. The second-order valence-corrected chi connectivity index (χ2v) is 5.24. The summed E-state index contributed by atoms with van der Waals surface area (Å²) in [5.41, 5.74) is 0. The van der Waals surface area contributed by atoms with Crippen LogP contribution in [0.3, 0.4) is 0 Å². The standard InChI is InChI=1S/C12H15IO2/c13-9-6-7-12(11(14)8-9)15-10-4-2-1-3-5-10/h6-8,10,14H,1-5H2. The number of hydrogen-bond donors (Lipinski definition) is 1. The van der Waals surface area contributed by atoms with Gasteiger partial charge in [-0.1, -0.05) is 6.42 Å². The molecule has 0 atom stereocenters. The van der Waals surface area contributed by atoms with E-state index in [0.717, 1.165) is 16.4 Å². The van der Waals surface area contributed by atoms with E-state index in [1.165, 1.54) is 19.3 Å². The molecule has 1 aliphatic carbocycles. The molecule has 82 valence electrons. The zero-order valence-corrected chi connectivity index (χ0v) is 10.7. The lowest BCUT2D eigenvalue weighted by Crippen LogP contribution is -2.19. The quantitative estimate of drug-likeness (QED) is 0.843. The minimum atomic E-state index is 0.257. The fourth-order valence-corrected chi connectivity index (χ4v) is 2.43. The number of phenols is 1. The fraction of sp³-hybridized carbons (Fsp3) is 0.500. The molecule has 0 radical (unpaired) electrons. The summed E-state index contributed by atoms with van der Waals surface area (Å²) in [6.07, 6.45) is 6.34. The lowest BCUT2D eigenvalue weighted by atomic mass is 9.98. The smallest absolute Gasteiger partial charge is 0.161 e. The number of benzene rings is 1. The van der Waals surface area contributed by atoms with E-state index in [1.54, 1.807) is 6.07 Å². The lowest BCUT2D eigenvalue weighted by molar-refractivity contribution is 0.150. The first-order valence-corrected chi connectivity index (χ1v) is 6.49. The van der Waals surface area contributed by atoms with Crippen molar-refractivity contribution in [1.29, 1.82) is 0 Å². The Labute approximate surface area is 104 Å². The maximum atomic E-state index is 9.69. The normalized spacial score (nSPS) is 17.7. The third kappa shape index (κ3) is 3.00. The van der Waals surface area contributed by atoms with Crippen LogP contribution >= 0.6 is 22.6 Å².